The number of carboxylic acid groups (broad SMARTS) is 1. The summed E-state index contributed by atoms with van der Waals surface area (Å²) >= 11 is 0. The predicted molar refractivity (Wildman–Crippen MR) is 70.9 cm³/mol. The van der Waals surface area contributed by atoms with E-state index in [1.807, 2.05) is 20.8 Å². The van der Waals surface area contributed by atoms with Crippen molar-refractivity contribution in [2.45, 2.75) is 27.2 Å². The lowest BCUT2D eigenvalue weighted by Crippen LogP contribution is -2.38. The monoisotopic (exact) mass is 249 g/mol. The summed E-state index contributed by atoms with van der Waals surface area (Å²) in [6.45, 7) is 5.65. The van der Waals surface area contributed by atoms with Gasteiger partial charge in [-0.3, -0.25) is 4.79 Å². The summed E-state index contributed by atoms with van der Waals surface area (Å²) in [6, 6.07) is 6.52. The third kappa shape index (κ3) is 2.70. The van der Waals surface area contributed by atoms with Crippen LogP contribution in [-0.2, 0) is 4.79 Å². The van der Waals surface area contributed by atoms with Gasteiger partial charge in [-0.1, -0.05) is 32.9 Å². The zero-order valence-electron chi connectivity index (χ0n) is 11.2. The standard InChI is InChI=1S/C14H19NO3/c1-5-14(2,3)13(18)15(4)11-9-7-6-8-10(11)12(16)17/h6-9H,5H2,1-4H3,(H,16,17). The van der Waals surface area contributed by atoms with Gasteiger partial charge in [0.15, 0.2) is 0 Å². The van der Waals surface area contributed by atoms with Crippen molar-refractivity contribution in [1.82, 2.24) is 0 Å². The van der Waals surface area contributed by atoms with E-state index in [2.05, 4.69) is 0 Å². The summed E-state index contributed by atoms with van der Waals surface area (Å²) in [5, 5.41) is 9.12. The molecule has 0 aromatic heterocycles. The average molecular weight is 249 g/mol. The molecule has 4 nitrogen and oxygen atoms in total. The molecule has 0 fully saturated rings. The highest BCUT2D eigenvalue weighted by Gasteiger charge is 2.30. The van der Waals surface area contributed by atoms with Crippen LogP contribution < -0.4 is 4.90 Å². The zero-order chi connectivity index (χ0) is 13.9. The van der Waals surface area contributed by atoms with Crippen molar-refractivity contribution in [3.63, 3.8) is 0 Å². The molecule has 18 heavy (non-hydrogen) atoms. The second kappa shape index (κ2) is 5.21. The first-order chi connectivity index (χ1) is 8.31. The van der Waals surface area contributed by atoms with Gasteiger partial charge in [0.1, 0.15) is 0 Å². The molecular weight excluding hydrogens is 230 g/mol. The molecule has 1 aromatic rings. The number of carboxylic acids is 1. The number of aromatic carboxylic acids is 1. The molecule has 0 atom stereocenters. The van der Waals surface area contributed by atoms with Gasteiger partial charge < -0.3 is 10.0 Å². The smallest absolute Gasteiger partial charge is 0.337 e. The highest BCUT2D eigenvalue weighted by molar-refractivity contribution is 6.03. The second-order valence-corrected chi connectivity index (χ2v) is 4.92. The number of nitrogens with zero attached hydrogens (tertiary/aromatic N) is 1. The third-order valence-corrected chi connectivity index (χ3v) is 3.26. The van der Waals surface area contributed by atoms with Gasteiger partial charge in [0.05, 0.1) is 11.3 Å². The molecule has 1 amide bonds. The summed E-state index contributed by atoms with van der Waals surface area (Å²) in [6.07, 6.45) is 0.700. The van der Waals surface area contributed by atoms with Crippen LogP contribution in [0.25, 0.3) is 0 Å². The minimum absolute atomic E-state index is 0.0845. The molecular formula is C14H19NO3. The third-order valence-electron chi connectivity index (χ3n) is 3.26. The Morgan fingerprint density at radius 2 is 1.83 bits per heavy atom. The number of hydrogen-bond donors (Lipinski definition) is 1. The van der Waals surface area contributed by atoms with E-state index in [4.69, 9.17) is 5.11 Å². The maximum Gasteiger partial charge on any atom is 0.337 e. The fourth-order valence-electron chi connectivity index (χ4n) is 1.66. The van der Waals surface area contributed by atoms with E-state index in [0.29, 0.717) is 12.1 Å². The number of hydrogen-bond acceptors (Lipinski definition) is 2. The summed E-state index contributed by atoms with van der Waals surface area (Å²) in [5.74, 6) is -1.11. The Hall–Kier alpha value is -1.84. The van der Waals surface area contributed by atoms with E-state index >= 15 is 0 Å². The molecule has 0 radical (unpaired) electrons. The van der Waals surface area contributed by atoms with Crippen LogP contribution in [0.4, 0.5) is 5.69 Å². The van der Waals surface area contributed by atoms with E-state index in [1.165, 1.54) is 11.0 Å². The lowest BCUT2D eigenvalue weighted by molar-refractivity contribution is -0.126. The molecule has 0 bridgehead atoms. The molecule has 0 saturated carbocycles. The van der Waals surface area contributed by atoms with Crippen molar-refractivity contribution in [1.29, 1.82) is 0 Å². The van der Waals surface area contributed by atoms with Crippen LogP contribution in [0.3, 0.4) is 0 Å². The van der Waals surface area contributed by atoms with Gasteiger partial charge in [0.25, 0.3) is 0 Å². The molecule has 0 unspecified atom stereocenters. The van der Waals surface area contributed by atoms with Crippen molar-refractivity contribution < 1.29 is 14.7 Å². The first-order valence-corrected chi connectivity index (χ1v) is 5.91. The van der Waals surface area contributed by atoms with E-state index in [-0.39, 0.29) is 11.5 Å². The lowest BCUT2D eigenvalue weighted by Gasteiger charge is -2.29. The number of amides is 1. The number of benzene rings is 1. The van der Waals surface area contributed by atoms with Gasteiger partial charge in [-0.2, -0.15) is 0 Å². The lowest BCUT2D eigenvalue weighted by atomic mass is 9.88. The second-order valence-electron chi connectivity index (χ2n) is 4.92. The molecule has 1 rings (SSSR count). The van der Waals surface area contributed by atoms with Crippen LogP contribution >= 0.6 is 0 Å². The van der Waals surface area contributed by atoms with Crippen molar-refractivity contribution in [3.05, 3.63) is 29.8 Å². The molecule has 1 aromatic carbocycles. The number of carbonyl (C=O) groups is 2. The molecule has 0 aliphatic heterocycles. The molecule has 0 saturated heterocycles. The Bertz CT molecular complexity index is 466. The quantitative estimate of drug-likeness (QED) is 0.892. The van der Waals surface area contributed by atoms with Gasteiger partial charge in [-0.05, 0) is 18.6 Å². The molecule has 0 spiro atoms. The van der Waals surface area contributed by atoms with Gasteiger partial charge in [-0.15, -0.1) is 0 Å². The fourth-order valence-corrected chi connectivity index (χ4v) is 1.66. The first kappa shape index (κ1) is 14.2. The zero-order valence-corrected chi connectivity index (χ0v) is 11.2. The number of carbonyl (C=O) groups excluding carboxylic acids is 1. The Balaban J connectivity index is 3.16. The summed E-state index contributed by atoms with van der Waals surface area (Å²) in [7, 11) is 1.61. The summed E-state index contributed by atoms with van der Waals surface area (Å²) < 4.78 is 0. The van der Waals surface area contributed by atoms with Crippen LogP contribution in [0.1, 0.15) is 37.6 Å². The number of anilines is 1. The van der Waals surface area contributed by atoms with E-state index in [9.17, 15) is 9.59 Å². The van der Waals surface area contributed by atoms with Crippen LogP contribution in [0.2, 0.25) is 0 Å². The largest absolute Gasteiger partial charge is 0.478 e. The first-order valence-electron chi connectivity index (χ1n) is 5.91. The van der Waals surface area contributed by atoms with Crippen LogP contribution in [-0.4, -0.2) is 24.0 Å². The number of rotatable bonds is 4. The predicted octanol–water partition coefficient (Wildman–Crippen LogP) is 2.78. The number of para-hydroxylation sites is 1. The molecule has 98 valence electrons. The van der Waals surface area contributed by atoms with Crippen molar-refractivity contribution in [3.8, 4) is 0 Å². The Kier molecular flexibility index (Phi) is 4.11. The highest BCUT2D eigenvalue weighted by Crippen LogP contribution is 2.27. The van der Waals surface area contributed by atoms with Crippen molar-refractivity contribution in [2.75, 3.05) is 11.9 Å². The Morgan fingerprint density at radius 3 is 2.33 bits per heavy atom. The fraction of sp³-hybridized carbons (Fsp3) is 0.429. The van der Waals surface area contributed by atoms with E-state index in [0.717, 1.165) is 0 Å². The van der Waals surface area contributed by atoms with E-state index in [1.54, 1.807) is 25.2 Å². The van der Waals surface area contributed by atoms with E-state index < -0.39 is 11.4 Å². The van der Waals surface area contributed by atoms with Crippen LogP contribution in [0, 0.1) is 5.41 Å². The molecule has 1 N–H and O–H groups in total. The van der Waals surface area contributed by atoms with Crippen molar-refractivity contribution >= 4 is 17.6 Å². The van der Waals surface area contributed by atoms with Crippen LogP contribution in [0.15, 0.2) is 24.3 Å². The maximum atomic E-state index is 12.3. The van der Waals surface area contributed by atoms with Gasteiger partial charge in [-0.25, -0.2) is 4.79 Å². The Labute approximate surface area is 107 Å². The normalized spacial score (nSPS) is 11.1. The SMILES string of the molecule is CCC(C)(C)C(=O)N(C)c1ccccc1C(=O)O. The minimum atomic E-state index is -1.03. The van der Waals surface area contributed by atoms with Gasteiger partial charge in [0.2, 0.25) is 5.91 Å². The highest BCUT2D eigenvalue weighted by atomic mass is 16.4. The molecule has 4 heteroatoms. The summed E-state index contributed by atoms with van der Waals surface area (Å²) in [5.41, 5.74) is 0.0668. The summed E-state index contributed by atoms with van der Waals surface area (Å²) in [4.78, 5) is 24.9. The average Bonchev–Trinajstić information content (AvgIpc) is 2.36. The van der Waals surface area contributed by atoms with Gasteiger partial charge in [0, 0.05) is 12.5 Å². The maximum absolute atomic E-state index is 12.3. The Morgan fingerprint density at radius 1 is 1.28 bits per heavy atom. The molecule has 0 aliphatic rings. The molecule has 0 heterocycles. The van der Waals surface area contributed by atoms with Gasteiger partial charge >= 0.3 is 5.97 Å². The van der Waals surface area contributed by atoms with Crippen molar-refractivity contribution in [2.24, 2.45) is 5.41 Å². The topological polar surface area (TPSA) is 57.6 Å². The van der Waals surface area contributed by atoms with Crippen LogP contribution in [0.5, 0.6) is 0 Å². The molecule has 0 aliphatic carbocycles. The minimum Gasteiger partial charge on any atom is -0.478 e.